The maximum atomic E-state index is 11.0. The Morgan fingerprint density at radius 3 is 2.67 bits per heavy atom. The Balaban J connectivity index is 3.28. The number of hydrogen-bond acceptors (Lipinski definition) is 3. The highest BCUT2D eigenvalue weighted by Gasteiger charge is 2.00. The summed E-state index contributed by atoms with van der Waals surface area (Å²) >= 11 is 0. The molecule has 0 atom stereocenters. The Kier molecular flexibility index (Phi) is 6.61. The zero-order valence-electron chi connectivity index (χ0n) is 7.64. The third-order valence-corrected chi connectivity index (χ3v) is 1.36. The van der Waals surface area contributed by atoms with Gasteiger partial charge in [0.2, 0.25) is 0 Å². The molecule has 0 aliphatic carbocycles. The number of allylic oxidation sites excluding steroid dienone is 1. The van der Waals surface area contributed by atoms with Crippen molar-refractivity contribution in [1.82, 2.24) is 0 Å². The molecule has 0 radical (unpaired) electrons. The molecule has 0 aromatic heterocycles. The molecule has 0 fully saturated rings. The lowest BCUT2D eigenvalue weighted by atomic mass is 10.1. The molecule has 0 rings (SSSR count). The monoisotopic (exact) mass is 171 g/mol. The fraction of sp³-hybridized carbons (Fsp3) is 0.667. The van der Waals surface area contributed by atoms with Gasteiger partial charge in [0.25, 0.3) is 0 Å². The molecule has 0 aliphatic rings. The first-order chi connectivity index (χ1) is 5.66. The number of nitrogens with two attached hydrogens (primary N) is 1. The lowest BCUT2D eigenvalue weighted by Gasteiger charge is -2.01. The molecule has 0 aliphatic heterocycles. The normalized spacial score (nSPS) is 9.83. The Hall–Kier alpha value is -0.670. The third-order valence-electron chi connectivity index (χ3n) is 1.36. The summed E-state index contributed by atoms with van der Waals surface area (Å²) in [5, 5.41) is 0. The van der Waals surface area contributed by atoms with Gasteiger partial charge in [-0.15, -0.1) is 6.58 Å². The maximum absolute atomic E-state index is 11.0. The first-order valence-electron chi connectivity index (χ1n) is 4.10. The van der Waals surface area contributed by atoms with Gasteiger partial charge >= 0.3 is 0 Å². The molecule has 0 saturated heterocycles. The van der Waals surface area contributed by atoms with E-state index >= 15 is 0 Å². The Morgan fingerprint density at radius 1 is 1.50 bits per heavy atom. The van der Waals surface area contributed by atoms with E-state index in [9.17, 15) is 4.79 Å². The van der Waals surface area contributed by atoms with Crippen LogP contribution in [0.5, 0.6) is 0 Å². The second kappa shape index (κ2) is 7.00. The molecule has 70 valence electrons. The fourth-order valence-electron chi connectivity index (χ4n) is 0.694. The van der Waals surface area contributed by atoms with Gasteiger partial charge in [-0.25, -0.2) is 0 Å². The molecule has 0 spiro atoms. The number of ketones is 1. The van der Waals surface area contributed by atoms with Crippen LogP contribution in [-0.4, -0.2) is 25.5 Å². The van der Waals surface area contributed by atoms with E-state index in [1.54, 1.807) is 0 Å². The molecule has 0 bridgehead atoms. The maximum Gasteiger partial charge on any atom is 0.158 e. The van der Waals surface area contributed by atoms with Crippen LogP contribution in [0.15, 0.2) is 12.2 Å². The quantitative estimate of drug-likeness (QED) is 0.457. The number of ether oxygens (including phenoxy) is 1. The number of carbonyl (C=O) groups excluding carboxylic acids is 1. The zero-order chi connectivity index (χ0) is 9.40. The molecule has 3 nitrogen and oxygen atoms in total. The summed E-state index contributed by atoms with van der Waals surface area (Å²) in [6.07, 6.45) is 1.28. The smallest absolute Gasteiger partial charge is 0.158 e. The number of carbonyl (C=O) groups is 1. The van der Waals surface area contributed by atoms with Crippen LogP contribution < -0.4 is 5.73 Å². The van der Waals surface area contributed by atoms with E-state index < -0.39 is 0 Å². The molecule has 0 aromatic carbocycles. The van der Waals surface area contributed by atoms with Gasteiger partial charge in [-0.3, -0.25) is 4.79 Å². The second-order valence-electron chi connectivity index (χ2n) is 2.84. The molecule has 2 N–H and O–H groups in total. The van der Waals surface area contributed by atoms with Crippen LogP contribution in [0.25, 0.3) is 0 Å². The first-order valence-corrected chi connectivity index (χ1v) is 4.10. The summed E-state index contributed by atoms with van der Waals surface area (Å²) in [6.45, 7) is 6.73. The van der Waals surface area contributed by atoms with E-state index in [0.717, 1.165) is 12.0 Å². The summed E-state index contributed by atoms with van der Waals surface area (Å²) in [5.74, 6) is 0.117. The van der Waals surface area contributed by atoms with Crippen LogP contribution in [0.3, 0.4) is 0 Å². The van der Waals surface area contributed by atoms with Crippen molar-refractivity contribution in [2.45, 2.75) is 19.8 Å². The van der Waals surface area contributed by atoms with E-state index in [4.69, 9.17) is 10.5 Å². The number of rotatable bonds is 7. The van der Waals surface area contributed by atoms with E-state index in [1.165, 1.54) is 0 Å². The van der Waals surface area contributed by atoms with Crippen molar-refractivity contribution in [2.75, 3.05) is 19.8 Å². The molecule has 0 unspecified atom stereocenters. The zero-order valence-corrected chi connectivity index (χ0v) is 7.64. The van der Waals surface area contributed by atoms with Gasteiger partial charge in [0.1, 0.15) is 6.61 Å². The van der Waals surface area contributed by atoms with Gasteiger partial charge in [-0.1, -0.05) is 5.57 Å². The van der Waals surface area contributed by atoms with Crippen molar-refractivity contribution >= 4 is 5.78 Å². The first kappa shape index (κ1) is 11.3. The van der Waals surface area contributed by atoms with E-state index in [-0.39, 0.29) is 12.4 Å². The fourth-order valence-corrected chi connectivity index (χ4v) is 0.694. The van der Waals surface area contributed by atoms with Gasteiger partial charge in [-0.2, -0.15) is 0 Å². The minimum absolute atomic E-state index is 0.117. The van der Waals surface area contributed by atoms with Gasteiger partial charge in [0.05, 0.1) is 6.61 Å². The van der Waals surface area contributed by atoms with Crippen molar-refractivity contribution in [1.29, 1.82) is 0 Å². The molecule has 0 aromatic rings. The summed E-state index contributed by atoms with van der Waals surface area (Å²) in [5.41, 5.74) is 6.22. The van der Waals surface area contributed by atoms with Crippen LogP contribution in [-0.2, 0) is 9.53 Å². The summed E-state index contributed by atoms with van der Waals surface area (Å²) in [6, 6.07) is 0. The summed E-state index contributed by atoms with van der Waals surface area (Å²) in [4.78, 5) is 11.0. The largest absolute Gasteiger partial charge is 0.372 e. The van der Waals surface area contributed by atoms with Gasteiger partial charge in [0, 0.05) is 13.0 Å². The molecular formula is C9H17NO2. The van der Waals surface area contributed by atoms with Crippen LogP contribution in [0.1, 0.15) is 19.8 Å². The topological polar surface area (TPSA) is 52.3 Å². The van der Waals surface area contributed by atoms with Crippen molar-refractivity contribution in [3.8, 4) is 0 Å². The number of Topliss-reactive ketones (excluding diaryl/α,β-unsaturated/α-hetero) is 1. The van der Waals surface area contributed by atoms with Crippen LogP contribution >= 0.6 is 0 Å². The lowest BCUT2D eigenvalue weighted by molar-refractivity contribution is -0.123. The predicted molar refractivity (Wildman–Crippen MR) is 48.9 cm³/mol. The summed E-state index contributed by atoms with van der Waals surface area (Å²) < 4.78 is 4.97. The highest BCUT2D eigenvalue weighted by molar-refractivity contribution is 5.79. The molecule has 0 heterocycles. The Bertz CT molecular complexity index is 155. The van der Waals surface area contributed by atoms with Crippen molar-refractivity contribution in [2.24, 2.45) is 5.73 Å². The average molecular weight is 171 g/mol. The van der Waals surface area contributed by atoms with Gasteiger partial charge in [-0.05, 0) is 13.3 Å². The molecule has 0 saturated carbocycles. The molecular weight excluding hydrogens is 154 g/mol. The number of hydrogen-bond donors (Lipinski definition) is 1. The Morgan fingerprint density at radius 2 is 2.17 bits per heavy atom. The molecule has 3 heteroatoms. The minimum atomic E-state index is 0.117. The molecule has 12 heavy (non-hydrogen) atoms. The standard InChI is InChI=1S/C9H17NO2/c1-8(2)3-4-9(11)7-12-6-5-10/h1,3-7,10H2,2H3. The minimum Gasteiger partial charge on any atom is -0.372 e. The lowest BCUT2D eigenvalue weighted by Crippen LogP contribution is -2.14. The Labute approximate surface area is 73.6 Å². The van der Waals surface area contributed by atoms with E-state index in [0.29, 0.717) is 19.6 Å². The second-order valence-corrected chi connectivity index (χ2v) is 2.84. The highest BCUT2D eigenvalue weighted by Crippen LogP contribution is 2.00. The van der Waals surface area contributed by atoms with E-state index in [1.807, 2.05) is 6.92 Å². The average Bonchev–Trinajstić information content (AvgIpc) is 2.01. The summed E-state index contributed by atoms with van der Waals surface area (Å²) in [7, 11) is 0. The predicted octanol–water partition coefficient (Wildman–Crippen LogP) is 0.887. The van der Waals surface area contributed by atoms with E-state index in [2.05, 4.69) is 6.58 Å². The van der Waals surface area contributed by atoms with Crippen molar-refractivity contribution < 1.29 is 9.53 Å². The van der Waals surface area contributed by atoms with Crippen LogP contribution in [0.2, 0.25) is 0 Å². The molecule has 0 amide bonds. The van der Waals surface area contributed by atoms with Gasteiger partial charge in [0.15, 0.2) is 5.78 Å². The van der Waals surface area contributed by atoms with Gasteiger partial charge < -0.3 is 10.5 Å². The van der Waals surface area contributed by atoms with Crippen molar-refractivity contribution in [3.63, 3.8) is 0 Å². The highest BCUT2D eigenvalue weighted by atomic mass is 16.5. The van der Waals surface area contributed by atoms with Crippen molar-refractivity contribution in [3.05, 3.63) is 12.2 Å². The third kappa shape index (κ3) is 7.44. The van der Waals surface area contributed by atoms with Crippen LogP contribution in [0, 0.1) is 0 Å². The SMILES string of the molecule is C=C(C)CCC(=O)COCCN. The van der Waals surface area contributed by atoms with Crippen LogP contribution in [0.4, 0.5) is 0 Å².